The lowest BCUT2D eigenvalue weighted by atomic mass is 10.2. The number of hydrogen-bond donors (Lipinski definition) is 1. The molecule has 2 aromatic rings. The third-order valence-electron chi connectivity index (χ3n) is 5.06. The minimum atomic E-state index is -3.62. The number of sulfonamides is 1. The molecule has 3 heterocycles. The summed E-state index contributed by atoms with van der Waals surface area (Å²) in [6, 6.07) is 8.35. The SMILES string of the molecule is Cc1ccnc(NC(=O)CN2C(=O)CSc3ccc(S(=O)(=O)N4CCCC4)cc32)c1. The van der Waals surface area contributed by atoms with Gasteiger partial charge in [0.05, 0.1) is 16.3 Å². The minimum Gasteiger partial charge on any atom is -0.309 e. The molecule has 0 aliphatic carbocycles. The molecule has 8 nitrogen and oxygen atoms in total. The molecule has 0 radical (unpaired) electrons. The maximum absolute atomic E-state index is 12.9. The summed E-state index contributed by atoms with van der Waals surface area (Å²) in [5, 5.41) is 2.69. The lowest BCUT2D eigenvalue weighted by Gasteiger charge is -2.29. The number of nitrogens with one attached hydrogen (secondary N) is 1. The van der Waals surface area contributed by atoms with Crippen LogP contribution in [-0.2, 0) is 19.6 Å². The third-order valence-corrected chi connectivity index (χ3v) is 8.00. The van der Waals surface area contributed by atoms with E-state index in [-0.39, 0.29) is 23.1 Å². The fourth-order valence-corrected chi connectivity index (χ4v) is 5.98. The molecule has 1 aromatic carbocycles. The van der Waals surface area contributed by atoms with E-state index in [1.54, 1.807) is 24.4 Å². The Balaban J connectivity index is 1.59. The van der Waals surface area contributed by atoms with E-state index >= 15 is 0 Å². The first kappa shape index (κ1) is 20.8. The van der Waals surface area contributed by atoms with Crippen LogP contribution >= 0.6 is 11.8 Å². The van der Waals surface area contributed by atoms with Gasteiger partial charge in [-0.3, -0.25) is 9.59 Å². The standard InChI is InChI=1S/C20H22N4O4S2/c1-14-6-7-21-18(10-14)22-19(25)12-24-16-11-15(4-5-17(16)29-13-20(24)26)30(27,28)23-8-2-3-9-23/h4-7,10-11H,2-3,8-9,12-13H2,1H3,(H,21,22,25). The van der Waals surface area contributed by atoms with Crippen molar-refractivity contribution in [2.75, 3.05) is 35.6 Å². The lowest BCUT2D eigenvalue weighted by molar-refractivity contribution is -0.120. The Hall–Kier alpha value is -2.43. The largest absolute Gasteiger partial charge is 0.309 e. The number of thioether (sulfide) groups is 1. The maximum atomic E-state index is 12.9. The molecule has 0 bridgehead atoms. The van der Waals surface area contributed by atoms with Crippen LogP contribution in [0.2, 0.25) is 0 Å². The van der Waals surface area contributed by atoms with Gasteiger partial charge in [0.25, 0.3) is 0 Å². The number of pyridine rings is 1. The molecule has 1 fully saturated rings. The van der Waals surface area contributed by atoms with Crippen molar-refractivity contribution in [2.45, 2.75) is 29.6 Å². The summed E-state index contributed by atoms with van der Waals surface area (Å²) >= 11 is 1.34. The average Bonchev–Trinajstić information content (AvgIpc) is 3.25. The number of rotatable bonds is 5. The first-order valence-electron chi connectivity index (χ1n) is 9.64. The average molecular weight is 447 g/mol. The molecule has 1 N–H and O–H groups in total. The zero-order valence-electron chi connectivity index (χ0n) is 16.5. The Morgan fingerprint density at radius 3 is 2.70 bits per heavy atom. The number of anilines is 2. The Labute approximate surface area is 179 Å². The van der Waals surface area contributed by atoms with Gasteiger partial charge < -0.3 is 10.2 Å². The molecule has 10 heteroatoms. The van der Waals surface area contributed by atoms with Crippen molar-refractivity contribution in [2.24, 2.45) is 0 Å². The number of hydrogen-bond acceptors (Lipinski definition) is 6. The van der Waals surface area contributed by atoms with Crippen LogP contribution in [0.4, 0.5) is 11.5 Å². The molecule has 2 amide bonds. The summed E-state index contributed by atoms with van der Waals surface area (Å²) in [4.78, 5) is 31.5. The van der Waals surface area contributed by atoms with Crippen LogP contribution < -0.4 is 10.2 Å². The van der Waals surface area contributed by atoms with Crippen LogP contribution in [0.1, 0.15) is 18.4 Å². The highest BCUT2D eigenvalue weighted by Gasteiger charge is 2.31. The summed E-state index contributed by atoms with van der Waals surface area (Å²) in [7, 11) is -3.62. The van der Waals surface area contributed by atoms with Gasteiger partial charge in [-0.05, 0) is 55.7 Å². The third kappa shape index (κ3) is 4.21. The molecular weight excluding hydrogens is 424 g/mol. The van der Waals surface area contributed by atoms with Crippen molar-refractivity contribution in [1.29, 1.82) is 0 Å². The van der Waals surface area contributed by atoms with E-state index in [1.165, 1.54) is 27.0 Å². The molecule has 0 unspecified atom stereocenters. The van der Waals surface area contributed by atoms with Gasteiger partial charge in [0, 0.05) is 24.2 Å². The summed E-state index contributed by atoms with van der Waals surface area (Å²) in [6.07, 6.45) is 3.29. The Kier molecular flexibility index (Phi) is 5.81. The van der Waals surface area contributed by atoms with Crippen molar-refractivity contribution in [3.8, 4) is 0 Å². The zero-order chi connectivity index (χ0) is 21.3. The second-order valence-corrected chi connectivity index (χ2v) is 10.2. The van der Waals surface area contributed by atoms with E-state index in [9.17, 15) is 18.0 Å². The Bertz CT molecular complexity index is 1100. The monoisotopic (exact) mass is 446 g/mol. The van der Waals surface area contributed by atoms with Crippen LogP contribution in [0.5, 0.6) is 0 Å². The number of aromatic nitrogens is 1. The number of carbonyl (C=O) groups is 2. The van der Waals surface area contributed by atoms with Gasteiger partial charge in [0.1, 0.15) is 12.4 Å². The molecule has 158 valence electrons. The first-order chi connectivity index (χ1) is 14.3. The van der Waals surface area contributed by atoms with E-state index in [0.717, 1.165) is 23.3 Å². The number of benzene rings is 1. The molecule has 1 aromatic heterocycles. The zero-order valence-corrected chi connectivity index (χ0v) is 18.1. The fourth-order valence-electron chi connectivity index (χ4n) is 3.52. The number of carbonyl (C=O) groups excluding carboxylic acids is 2. The Morgan fingerprint density at radius 2 is 1.97 bits per heavy atom. The normalized spacial score (nSPS) is 17.1. The highest BCUT2D eigenvalue weighted by Crippen LogP contribution is 2.37. The number of nitrogens with zero attached hydrogens (tertiary/aromatic N) is 3. The number of fused-ring (bicyclic) bond motifs is 1. The molecule has 0 spiro atoms. The smallest absolute Gasteiger partial charge is 0.245 e. The molecule has 0 atom stereocenters. The van der Waals surface area contributed by atoms with Crippen LogP contribution in [0.25, 0.3) is 0 Å². The van der Waals surface area contributed by atoms with E-state index in [2.05, 4.69) is 10.3 Å². The molecule has 30 heavy (non-hydrogen) atoms. The van der Waals surface area contributed by atoms with Crippen molar-refractivity contribution in [3.05, 3.63) is 42.1 Å². The summed E-state index contributed by atoms with van der Waals surface area (Å²) in [6.45, 7) is 2.68. The van der Waals surface area contributed by atoms with Gasteiger partial charge in [0.15, 0.2) is 0 Å². The van der Waals surface area contributed by atoms with E-state index < -0.39 is 15.9 Å². The molecule has 0 saturated carbocycles. The summed E-state index contributed by atoms with van der Waals surface area (Å²) in [5.41, 5.74) is 1.40. The van der Waals surface area contributed by atoms with Crippen molar-refractivity contribution < 1.29 is 18.0 Å². The van der Waals surface area contributed by atoms with E-state index in [1.807, 2.05) is 13.0 Å². The summed E-state index contributed by atoms with van der Waals surface area (Å²) in [5.74, 6) is -0.0339. The lowest BCUT2D eigenvalue weighted by Crippen LogP contribution is -2.41. The quantitative estimate of drug-likeness (QED) is 0.756. The molecular formula is C20H22N4O4S2. The molecule has 2 aliphatic rings. The van der Waals surface area contributed by atoms with Gasteiger partial charge in [-0.1, -0.05) is 0 Å². The first-order valence-corrected chi connectivity index (χ1v) is 12.1. The highest BCUT2D eigenvalue weighted by atomic mass is 32.2. The minimum absolute atomic E-state index is 0.143. The molecule has 1 saturated heterocycles. The number of amides is 2. The summed E-state index contributed by atoms with van der Waals surface area (Å²) < 4.78 is 27.3. The van der Waals surface area contributed by atoms with Crippen LogP contribution in [0.3, 0.4) is 0 Å². The van der Waals surface area contributed by atoms with E-state index in [0.29, 0.717) is 24.6 Å². The van der Waals surface area contributed by atoms with Gasteiger partial charge in [-0.2, -0.15) is 4.31 Å². The predicted octanol–water partition coefficient (Wildman–Crippen LogP) is 2.25. The number of aryl methyl sites for hydroxylation is 1. The van der Waals surface area contributed by atoms with Gasteiger partial charge in [-0.25, -0.2) is 13.4 Å². The van der Waals surface area contributed by atoms with Crippen molar-refractivity contribution in [3.63, 3.8) is 0 Å². The highest BCUT2D eigenvalue weighted by molar-refractivity contribution is 8.00. The topological polar surface area (TPSA) is 99.7 Å². The van der Waals surface area contributed by atoms with Crippen molar-refractivity contribution in [1.82, 2.24) is 9.29 Å². The predicted molar refractivity (Wildman–Crippen MR) is 115 cm³/mol. The van der Waals surface area contributed by atoms with Crippen LogP contribution in [0, 0.1) is 6.92 Å². The second-order valence-electron chi connectivity index (χ2n) is 7.28. The van der Waals surface area contributed by atoms with Gasteiger partial charge in [-0.15, -0.1) is 11.8 Å². The fraction of sp³-hybridized carbons (Fsp3) is 0.350. The Morgan fingerprint density at radius 1 is 1.20 bits per heavy atom. The van der Waals surface area contributed by atoms with Gasteiger partial charge >= 0.3 is 0 Å². The van der Waals surface area contributed by atoms with Crippen LogP contribution in [0.15, 0.2) is 46.3 Å². The second kappa shape index (κ2) is 8.37. The van der Waals surface area contributed by atoms with Crippen LogP contribution in [-0.4, -0.2) is 54.9 Å². The maximum Gasteiger partial charge on any atom is 0.245 e. The molecule has 4 rings (SSSR count). The molecule has 2 aliphatic heterocycles. The van der Waals surface area contributed by atoms with E-state index in [4.69, 9.17) is 0 Å². The van der Waals surface area contributed by atoms with Crippen molar-refractivity contribution >= 4 is 45.1 Å². The van der Waals surface area contributed by atoms with Gasteiger partial charge in [0.2, 0.25) is 21.8 Å².